The second-order valence-electron chi connectivity index (χ2n) is 10.3. The molecule has 2 bridgehead atoms. The molecule has 5 unspecified atom stereocenters. The van der Waals surface area contributed by atoms with Crippen molar-refractivity contribution >= 4 is 23.0 Å². The molecule has 2 saturated carbocycles. The molecule has 1 saturated heterocycles. The van der Waals surface area contributed by atoms with Crippen molar-refractivity contribution in [1.29, 1.82) is 0 Å². The monoisotopic (exact) mass is 501 g/mol. The summed E-state index contributed by atoms with van der Waals surface area (Å²) in [5.74, 6) is 0.346. The summed E-state index contributed by atoms with van der Waals surface area (Å²) in [5, 5.41) is 27.1. The summed E-state index contributed by atoms with van der Waals surface area (Å²) in [7, 11) is 0. The van der Waals surface area contributed by atoms with Crippen molar-refractivity contribution in [3.05, 3.63) is 94.3 Å². The van der Waals surface area contributed by atoms with E-state index in [0.29, 0.717) is 34.5 Å². The Kier molecular flexibility index (Phi) is 6.01. The fraction of sp³-hybridized carbons (Fsp3) is 0.345. The first-order valence-electron chi connectivity index (χ1n) is 12.6. The molecule has 3 aliphatic rings. The highest BCUT2D eigenvalue weighted by molar-refractivity contribution is 5.74. The fourth-order valence-electron chi connectivity index (χ4n) is 6.34. The highest BCUT2D eigenvalue weighted by Crippen LogP contribution is 2.53. The Morgan fingerprint density at radius 2 is 1.57 bits per heavy atom. The van der Waals surface area contributed by atoms with Crippen molar-refractivity contribution in [3.63, 3.8) is 0 Å². The molecule has 1 heterocycles. The molecule has 0 radical (unpaired) electrons. The molecule has 2 aliphatic carbocycles. The van der Waals surface area contributed by atoms with Gasteiger partial charge in [-0.15, -0.1) is 0 Å². The van der Waals surface area contributed by atoms with Crippen LogP contribution < -0.4 is 9.38 Å². The minimum atomic E-state index is -0.755. The Hall–Kier alpha value is -3.27. The molecule has 8 nitrogen and oxygen atoms in total. The van der Waals surface area contributed by atoms with Crippen LogP contribution >= 0.6 is 0 Å². The van der Waals surface area contributed by atoms with Crippen LogP contribution in [-0.2, 0) is 14.4 Å². The molecule has 0 spiro atoms. The molecule has 192 valence electrons. The van der Waals surface area contributed by atoms with Crippen molar-refractivity contribution in [2.24, 2.45) is 11.8 Å². The van der Waals surface area contributed by atoms with Gasteiger partial charge < -0.3 is 24.7 Å². The number of benzene rings is 3. The minimum Gasteiger partial charge on any atom is -0.762 e. The van der Waals surface area contributed by atoms with E-state index >= 15 is 0 Å². The standard InChI is InChI=1S/C29H29N2O6/c1-18-13-23(31(34,21-9-5-3-6-10-21)22-11-7-4-8-12-22)14-19(2)27(18)35-17-26(32)36-28-20-15-24-25(16-20)30(33)37-29(24)28/h3-14,20,24-25,28-29H,15-17H2,1-2H3/q-1. The maximum atomic E-state index is 14.5. The summed E-state index contributed by atoms with van der Waals surface area (Å²) in [6.45, 7) is 3.46. The molecule has 0 aromatic heterocycles. The molecular weight excluding hydrogens is 472 g/mol. The third-order valence-electron chi connectivity index (χ3n) is 7.97. The lowest BCUT2D eigenvalue weighted by Crippen LogP contribution is -2.38. The smallest absolute Gasteiger partial charge is 0.344 e. The van der Waals surface area contributed by atoms with E-state index in [4.69, 9.17) is 14.3 Å². The lowest BCUT2D eigenvalue weighted by Gasteiger charge is -2.41. The van der Waals surface area contributed by atoms with Gasteiger partial charge in [0.1, 0.15) is 35.0 Å². The quantitative estimate of drug-likeness (QED) is 0.237. The summed E-state index contributed by atoms with van der Waals surface area (Å²) in [6.07, 6.45) is 0.786. The number of fused-ring (bicyclic) bond motifs is 1. The van der Waals surface area contributed by atoms with Gasteiger partial charge in [-0.1, -0.05) is 36.4 Å². The Balaban J connectivity index is 1.21. The van der Waals surface area contributed by atoms with Gasteiger partial charge in [-0.2, -0.15) is 0 Å². The zero-order chi connectivity index (χ0) is 25.7. The number of hydroxylamine groups is 2. The SMILES string of the molecule is Cc1cc([N+]([O-])(c2ccccc2)c2ccccc2)cc(C)c1OCC(=O)OC1C2CC3C1ON([O-])C3C2. The van der Waals surface area contributed by atoms with Gasteiger partial charge in [0.05, 0.1) is 0 Å². The van der Waals surface area contributed by atoms with Crippen molar-refractivity contribution in [2.45, 2.75) is 44.9 Å². The third-order valence-corrected chi connectivity index (χ3v) is 7.97. The predicted molar refractivity (Wildman–Crippen MR) is 139 cm³/mol. The van der Waals surface area contributed by atoms with E-state index in [9.17, 15) is 15.2 Å². The Bertz CT molecular complexity index is 1240. The number of aryl methyl sites for hydroxylation is 2. The first-order valence-corrected chi connectivity index (χ1v) is 12.6. The van der Waals surface area contributed by atoms with Gasteiger partial charge >= 0.3 is 5.97 Å². The number of rotatable bonds is 7. The number of carbonyl (C=O) groups is 1. The summed E-state index contributed by atoms with van der Waals surface area (Å²) in [6, 6.07) is 22.0. The number of hydrogen-bond donors (Lipinski definition) is 0. The summed E-state index contributed by atoms with van der Waals surface area (Å²) < 4.78 is 10.9. The number of nitrogens with zero attached hydrogens (tertiary/aromatic N) is 2. The van der Waals surface area contributed by atoms with Gasteiger partial charge in [0.15, 0.2) is 6.61 Å². The van der Waals surface area contributed by atoms with E-state index in [1.165, 1.54) is 0 Å². The summed E-state index contributed by atoms with van der Waals surface area (Å²) in [5.41, 5.74) is 3.21. The van der Waals surface area contributed by atoms with E-state index in [2.05, 4.69) is 0 Å². The topological polar surface area (TPSA) is 94.1 Å². The van der Waals surface area contributed by atoms with E-state index in [1.54, 1.807) is 0 Å². The number of hydrogen-bond acceptors (Lipinski definition) is 7. The Morgan fingerprint density at radius 3 is 2.16 bits per heavy atom. The van der Waals surface area contributed by atoms with E-state index < -0.39 is 16.7 Å². The van der Waals surface area contributed by atoms with Crippen LogP contribution in [0, 0.1) is 36.1 Å². The zero-order valence-corrected chi connectivity index (χ0v) is 20.8. The molecule has 6 rings (SSSR count). The lowest BCUT2D eigenvalue weighted by molar-refractivity contribution is -0.174. The van der Waals surface area contributed by atoms with Crippen LogP contribution in [0.1, 0.15) is 24.0 Å². The molecule has 3 aromatic carbocycles. The van der Waals surface area contributed by atoms with Gasteiger partial charge in [-0.05, 0) is 37.8 Å². The maximum Gasteiger partial charge on any atom is 0.344 e. The average molecular weight is 502 g/mol. The Labute approximate surface area is 215 Å². The van der Waals surface area contributed by atoms with E-state index in [-0.39, 0.29) is 30.6 Å². The minimum absolute atomic E-state index is 0.108. The van der Waals surface area contributed by atoms with E-state index in [0.717, 1.165) is 17.5 Å². The number of para-hydroxylation sites is 2. The molecule has 8 heteroatoms. The van der Waals surface area contributed by atoms with Crippen molar-refractivity contribution < 1.29 is 19.1 Å². The molecule has 3 aromatic rings. The molecular formula is C29H29N2O6-. The number of esters is 1. The number of carbonyl (C=O) groups excluding carboxylic acids is 1. The normalized spacial score (nSPS) is 26.4. The first kappa shape index (κ1) is 24.1. The average Bonchev–Trinajstić information content (AvgIpc) is 3.54. The van der Waals surface area contributed by atoms with Gasteiger partial charge in [0, 0.05) is 54.3 Å². The third kappa shape index (κ3) is 4.02. The van der Waals surface area contributed by atoms with E-state index in [1.807, 2.05) is 86.6 Å². The van der Waals surface area contributed by atoms with Crippen LogP contribution in [0.25, 0.3) is 0 Å². The van der Waals surface area contributed by atoms with Crippen molar-refractivity contribution in [1.82, 2.24) is 9.87 Å². The highest BCUT2D eigenvalue weighted by atomic mass is 16.9. The lowest BCUT2D eigenvalue weighted by atomic mass is 9.92. The van der Waals surface area contributed by atoms with Crippen molar-refractivity contribution in [3.8, 4) is 5.75 Å². The first-order chi connectivity index (χ1) is 17.9. The molecule has 0 amide bonds. The van der Waals surface area contributed by atoms with Crippen LogP contribution in [0.2, 0.25) is 0 Å². The van der Waals surface area contributed by atoms with Crippen LogP contribution in [0.3, 0.4) is 0 Å². The second-order valence-corrected chi connectivity index (χ2v) is 10.3. The van der Waals surface area contributed by atoms with Gasteiger partial charge in [-0.25, -0.2) is 4.79 Å². The summed E-state index contributed by atoms with van der Waals surface area (Å²) in [4.78, 5) is 18.1. The fourth-order valence-corrected chi connectivity index (χ4v) is 6.34. The van der Waals surface area contributed by atoms with Gasteiger partial charge in [0.2, 0.25) is 0 Å². The predicted octanol–water partition coefficient (Wildman–Crippen LogP) is 5.58. The van der Waals surface area contributed by atoms with Crippen LogP contribution in [0.4, 0.5) is 17.1 Å². The van der Waals surface area contributed by atoms with Gasteiger partial charge in [-0.3, -0.25) is 9.87 Å². The Morgan fingerprint density at radius 1 is 0.973 bits per heavy atom. The van der Waals surface area contributed by atoms with Crippen molar-refractivity contribution in [2.75, 3.05) is 6.61 Å². The number of ether oxygens (including phenoxy) is 2. The molecule has 1 aliphatic heterocycles. The zero-order valence-electron chi connectivity index (χ0n) is 20.8. The molecule has 0 N–H and O–H groups in total. The van der Waals surface area contributed by atoms with Crippen LogP contribution in [-0.4, -0.2) is 36.1 Å². The molecule has 3 fully saturated rings. The van der Waals surface area contributed by atoms with Crippen LogP contribution in [0.15, 0.2) is 72.8 Å². The molecule has 37 heavy (non-hydrogen) atoms. The second kappa shape index (κ2) is 9.24. The maximum absolute atomic E-state index is 14.5. The highest BCUT2D eigenvalue weighted by Gasteiger charge is 2.60. The van der Waals surface area contributed by atoms with Gasteiger partial charge in [0.25, 0.3) is 0 Å². The number of quaternary nitrogens is 1. The van der Waals surface area contributed by atoms with Crippen LogP contribution in [0.5, 0.6) is 5.75 Å². The summed E-state index contributed by atoms with van der Waals surface area (Å²) >= 11 is 0. The largest absolute Gasteiger partial charge is 0.762 e. The molecule has 5 atom stereocenters.